The van der Waals surface area contributed by atoms with E-state index in [0.29, 0.717) is 11.5 Å². The van der Waals surface area contributed by atoms with E-state index in [9.17, 15) is 4.79 Å². The summed E-state index contributed by atoms with van der Waals surface area (Å²) in [6.45, 7) is 6.18. The van der Waals surface area contributed by atoms with Crippen molar-refractivity contribution in [3.8, 4) is 11.5 Å². The Morgan fingerprint density at radius 1 is 1.22 bits per heavy atom. The lowest BCUT2D eigenvalue weighted by Gasteiger charge is -2.22. The molecule has 2 aromatic carbocycles. The second kappa shape index (κ2) is 9.37. The summed E-state index contributed by atoms with van der Waals surface area (Å²) in [6, 6.07) is 11.4. The molecule has 5 nitrogen and oxygen atoms in total. The molecular formula is C20H22Br2N2O3. The van der Waals surface area contributed by atoms with E-state index < -0.39 is 0 Å². The lowest BCUT2D eigenvalue weighted by atomic mass is 9.86. The molecule has 0 aliphatic heterocycles. The van der Waals surface area contributed by atoms with Crippen molar-refractivity contribution in [3.05, 3.63) is 56.5 Å². The number of hydrogen-bond donors (Lipinski definition) is 1. The Morgan fingerprint density at radius 3 is 2.59 bits per heavy atom. The zero-order valence-electron chi connectivity index (χ0n) is 15.7. The van der Waals surface area contributed by atoms with Gasteiger partial charge in [-0.1, -0.05) is 54.9 Å². The third kappa shape index (κ3) is 6.07. The van der Waals surface area contributed by atoms with E-state index in [1.165, 1.54) is 6.21 Å². The van der Waals surface area contributed by atoms with Crippen LogP contribution in [0.4, 0.5) is 0 Å². The molecule has 0 bridgehead atoms. The Labute approximate surface area is 176 Å². The van der Waals surface area contributed by atoms with Crippen molar-refractivity contribution in [1.82, 2.24) is 5.43 Å². The Hall–Kier alpha value is -1.86. The number of nitrogens with zero attached hydrogens (tertiary/aromatic N) is 1. The van der Waals surface area contributed by atoms with Gasteiger partial charge >= 0.3 is 0 Å². The first-order valence-electron chi connectivity index (χ1n) is 8.29. The Kier molecular flexibility index (Phi) is 7.44. The number of rotatable bonds is 6. The van der Waals surface area contributed by atoms with Crippen molar-refractivity contribution < 1.29 is 14.3 Å². The molecule has 0 aliphatic carbocycles. The third-order valence-electron chi connectivity index (χ3n) is 3.69. The fourth-order valence-corrected chi connectivity index (χ4v) is 3.87. The molecule has 0 aromatic heterocycles. The number of methoxy groups -OCH3 is 1. The average Bonchev–Trinajstić information content (AvgIpc) is 2.59. The van der Waals surface area contributed by atoms with Gasteiger partial charge in [0.2, 0.25) is 0 Å². The summed E-state index contributed by atoms with van der Waals surface area (Å²) in [4.78, 5) is 12.1. The van der Waals surface area contributed by atoms with Crippen molar-refractivity contribution in [3.63, 3.8) is 0 Å². The molecule has 0 fully saturated rings. The predicted molar refractivity (Wildman–Crippen MR) is 115 cm³/mol. The molecule has 144 valence electrons. The maximum atomic E-state index is 12.1. The topological polar surface area (TPSA) is 59.9 Å². The monoisotopic (exact) mass is 496 g/mol. The van der Waals surface area contributed by atoms with Gasteiger partial charge in [-0.05, 0) is 45.1 Å². The van der Waals surface area contributed by atoms with Crippen LogP contribution in [0.5, 0.6) is 11.5 Å². The highest BCUT2D eigenvalue weighted by atomic mass is 79.9. The smallest absolute Gasteiger partial charge is 0.277 e. The van der Waals surface area contributed by atoms with Crippen LogP contribution in [-0.4, -0.2) is 25.8 Å². The maximum Gasteiger partial charge on any atom is 0.277 e. The number of carbonyl (C=O) groups excluding carboxylic acids is 1. The number of benzene rings is 2. The summed E-state index contributed by atoms with van der Waals surface area (Å²) in [5.74, 6) is 0.983. The zero-order chi connectivity index (χ0) is 20.0. The average molecular weight is 498 g/mol. The molecule has 0 saturated carbocycles. The van der Waals surface area contributed by atoms with Gasteiger partial charge in [0.1, 0.15) is 11.5 Å². The predicted octanol–water partition coefficient (Wildman–Crippen LogP) is 5.05. The molecule has 1 amide bonds. The zero-order valence-corrected chi connectivity index (χ0v) is 18.8. The van der Waals surface area contributed by atoms with E-state index in [1.807, 2.05) is 36.4 Å². The minimum Gasteiger partial charge on any atom is -0.495 e. The molecule has 7 heteroatoms. The number of hydrazone groups is 1. The van der Waals surface area contributed by atoms with Crippen LogP contribution in [0, 0.1) is 0 Å². The third-order valence-corrected chi connectivity index (χ3v) is 4.73. The van der Waals surface area contributed by atoms with Crippen molar-refractivity contribution >= 4 is 44.0 Å². The SMILES string of the molecule is COc1c(Br)cc(Br)cc1C=NNC(=O)COc1ccccc1C(C)(C)C. The van der Waals surface area contributed by atoms with Crippen molar-refractivity contribution in [2.45, 2.75) is 26.2 Å². The fraction of sp³-hybridized carbons (Fsp3) is 0.300. The number of halogens is 2. The quantitative estimate of drug-likeness (QED) is 0.449. The molecule has 0 saturated heterocycles. The molecule has 0 heterocycles. The first-order valence-corrected chi connectivity index (χ1v) is 9.88. The standard InChI is InChI=1S/C20H22Br2N2O3/c1-20(2,3)15-7-5-6-8-17(15)27-12-18(25)24-23-11-13-9-14(21)10-16(22)19(13)26-4/h5-11H,12H2,1-4H3,(H,24,25). The van der Waals surface area contributed by atoms with Crippen LogP contribution in [0.2, 0.25) is 0 Å². The number of ether oxygens (including phenoxy) is 2. The highest BCUT2D eigenvalue weighted by molar-refractivity contribution is 9.11. The summed E-state index contributed by atoms with van der Waals surface area (Å²) in [5, 5.41) is 3.99. The lowest BCUT2D eigenvalue weighted by molar-refractivity contribution is -0.123. The van der Waals surface area contributed by atoms with Gasteiger partial charge in [0, 0.05) is 10.0 Å². The Balaban J connectivity index is 1.99. The molecule has 0 spiro atoms. The minimum absolute atomic E-state index is 0.0736. The van der Waals surface area contributed by atoms with E-state index in [1.54, 1.807) is 7.11 Å². The molecule has 27 heavy (non-hydrogen) atoms. The van der Waals surface area contributed by atoms with Crippen LogP contribution in [-0.2, 0) is 10.2 Å². The molecule has 0 atom stereocenters. The first kappa shape index (κ1) is 21.4. The molecule has 2 rings (SSSR count). The summed E-state index contributed by atoms with van der Waals surface area (Å²) >= 11 is 6.84. The number of hydrogen-bond acceptors (Lipinski definition) is 4. The summed E-state index contributed by atoms with van der Waals surface area (Å²) in [6.07, 6.45) is 1.52. The van der Waals surface area contributed by atoms with Gasteiger partial charge in [0.25, 0.3) is 5.91 Å². The van der Waals surface area contributed by atoms with Crippen molar-refractivity contribution in [2.24, 2.45) is 5.10 Å². The molecule has 0 aliphatic rings. The lowest BCUT2D eigenvalue weighted by Crippen LogP contribution is -2.25. The number of para-hydroxylation sites is 1. The fourth-order valence-electron chi connectivity index (χ4n) is 2.45. The van der Waals surface area contributed by atoms with Crippen LogP contribution >= 0.6 is 31.9 Å². The van der Waals surface area contributed by atoms with E-state index in [4.69, 9.17) is 9.47 Å². The molecule has 0 radical (unpaired) electrons. The highest BCUT2D eigenvalue weighted by Gasteiger charge is 2.18. The van der Waals surface area contributed by atoms with Crippen LogP contribution in [0.1, 0.15) is 31.9 Å². The minimum atomic E-state index is -0.344. The van der Waals surface area contributed by atoms with Gasteiger partial charge in [-0.3, -0.25) is 4.79 Å². The van der Waals surface area contributed by atoms with Gasteiger partial charge < -0.3 is 9.47 Å². The van der Waals surface area contributed by atoms with Gasteiger partial charge in [0.15, 0.2) is 6.61 Å². The molecule has 2 aromatic rings. The summed E-state index contributed by atoms with van der Waals surface area (Å²) < 4.78 is 12.7. The van der Waals surface area contributed by atoms with E-state index in [-0.39, 0.29) is 17.9 Å². The Morgan fingerprint density at radius 2 is 1.93 bits per heavy atom. The summed E-state index contributed by atoms with van der Waals surface area (Å²) in [7, 11) is 1.57. The maximum absolute atomic E-state index is 12.1. The second-order valence-electron chi connectivity index (χ2n) is 6.84. The van der Waals surface area contributed by atoms with Gasteiger partial charge in [-0.25, -0.2) is 5.43 Å². The first-order chi connectivity index (χ1) is 12.7. The largest absolute Gasteiger partial charge is 0.495 e. The van der Waals surface area contributed by atoms with Gasteiger partial charge in [0.05, 0.1) is 17.8 Å². The molecular weight excluding hydrogens is 476 g/mol. The second-order valence-corrected chi connectivity index (χ2v) is 8.61. The van der Waals surface area contributed by atoms with Gasteiger partial charge in [-0.15, -0.1) is 0 Å². The highest BCUT2D eigenvalue weighted by Crippen LogP contribution is 2.32. The number of nitrogens with one attached hydrogen (secondary N) is 1. The van der Waals surface area contributed by atoms with E-state index >= 15 is 0 Å². The molecule has 0 unspecified atom stereocenters. The van der Waals surface area contributed by atoms with Gasteiger partial charge in [-0.2, -0.15) is 5.10 Å². The van der Waals surface area contributed by atoms with Crippen LogP contribution in [0.3, 0.4) is 0 Å². The molecule has 1 N–H and O–H groups in total. The van der Waals surface area contributed by atoms with Crippen molar-refractivity contribution in [1.29, 1.82) is 0 Å². The van der Waals surface area contributed by atoms with Crippen LogP contribution < -0.4 is 14.9 Å². The Bertz CT molecular complexity index is 846. The summed E-state index contributed by atoms with van der Waals surface area (Å²) in [5.41, 5.74) is 4.16. The van der Waals surface area contributed by atoms with Crippen molar-refractivity contribution in [2.75, 3.05) is 13.7 Å². The van der Waals surface area contributed by atoms with E-state index in [0.717, 1.165) is 20.1 Å². The number of amides is 1. The van der Waals surface area contributed by atoms with E-state index in [2.05, 4.69) is 63.2 Å². The van der Waals surface area contributed by atoms with Crippen LogP contribution in [0.15, 0.2) is 50.4 Å². The normalized spacial score (nSPS) is 11.5. The van der Waals surface area contributed by atoms with Crippen LogP contribution in [0.25, 0.3) is 0 Å². The number of carbonyl (C=O) groups is 1.